The SMILES string of the molecule is CNC(C)c1csc(Cc2cccnc2)n1. The van der Waals surface area contributed by atoms with Gasteiger partial charge in [0.15, 0.2) is 0 Å². The van der Waals surface area contributed by atoms with Gasteiger partial charge in [-0.25, -0.2) is 4.98 Å². The van der Waals surface area contributed by atoms with Crippen LogP contribution in [0.15, 0.2) is 29.9 Å². The Kier molecular flexibility index (Phi) is 3.64. The van der Waals surface area contributed by atoms with Gasteiger partial charge >= 0.3 is 0 Å². The highest BCUT2D eigenvalue weighted by atomic mass is 32.1. The molecule has 2 rings (SSSR count). The van der Waals surface area contributed by atoms with Gasteiger partial charge in [-0.15, -0.1) is 11.3 Å². The van der Waals surface area contributed by atoms with Crippen molar-refractivity contribution in [3.8, 4) is 0 Å². The highest BCUT2D eigenvalue weighted by molar-refractivity contribution is 7.09. The van der Waals surface area contributed by atoms with E-state index >= 15 is 0 Å². The number of nitrogens with one attached hydrogen (secondary N) is 1. The van der Waals surface area contributed by atoms with Gasteiger partial charge in [0, 0.05) is 30.2 Å². The Bertz CT molecular complexity index is 439. The van der Waals surface area contributed by atoms with E-state index in [9.17, 15) is 0 Å². The quantitative estimate of drug-likeness (QED) is 0.881. The summed E-state index contributed by atoms with van der Waals surface area (Å²) in [6.45, 7) is 2.11. The first kappa shape index (κ1) is 11.2. The van der Waals surface area contributed by atoms with Crippen LogP contribution in [0.2, 0.25) is 0 Å². The lowest BCUT2D eigenvalue weighted by Crippen LogP contribution is -2.12. The van der Waals surface area contributed by atoms with Gasteiger partial charge in [0.05, 0.1) is 10.7 Å². The number of aromatic nitrogens is 2. The van der Waals surface area contributed by atoms with E-state index in [1.165, 1.54) is 5.56 Å². The van der Waals surface area contributed by atoms with Crippen LogP contribution in [-0.2, 0) is 6.42 Å². The molecular formula is C12H15N3S. The van der Waals surface area contributed by atoms with Crippen LogP contribution in [0.25, 0.3) is 0 Å². The van der Waals surface area contributed by atoms with Crippen LogP contribution in [0.1, 0.15) is 29.2 Å². The molecule has 0 aliphatic rings. The molecule has 1 unspecified atom stereocenters. The average molecular weight is 233 g/mol. The molecule has 3 nitrogen and oxygen atoms in total. The Balaban J connectivity index is 2.09. The fourth-order valence-electron chi connectivity index (χ4n) is 1.43. The van der Waals surface area contributed by atoms with Crippen LogP contribution in [0.3, 0.4) is 0 Å². The maximum atomic E-state index is 4.60. The molecule has 1 N–H and O–H groups in total. The maximum absolute atomic E-state index is 4.60. The van der Waals surface area contributed by atoms with Gasteiger partial charge in [-0.2, -0.15) is 0 Å². The molecule has 0 aliphatic carbocycles. The van der Waals surface area contributed by atoms with Crippen LogP contribution in [0.5, 0.6) is 0 Å². The van der Waals surface area contributed by atoms with E-state index in [4.69, 9.17) is 0 Å². The van der Waals surface area contributed by atoms with Crippen LogP contribution in [-0.4, -0.2) is 17.0 Å². The molecule has 0 aromatic carbocycles. The Morgan fingerprint density at radius 2 is 2.38 bits per heavy atom. The minimum absolute atomic E-state index is 0.318. The fourth-order valence-corrected chi connectivity index (χ4v) is 2.35. The molecule has 84 valence electrons. The van der Waals surface area contributed by atoms with Crippen molar-refractivity contribution in [3.63, 3.8) is 0 Å². The number of hydrogen-bond acceptors (Lipinski definition) is 4. The molecule has 0 spiro atoms. The van der Waals surface area contributed by atoms with E-state index in [0.717, 1.165) is 17.1 Å². The van der Waals surface area contributed by atoms with Gasteiger partial charge < -0.3 is 5.32 Å². The lowest BCUT2D eigenvalue weighted by molar-refractivity contribution is 0.635. The summed E-state index contributed by atoms with van der Waals surface area (Å²) in [5, 5.41) is 6.45. The highest BCUT2D eigenvalue weighted by Crippen LogP contribution is 2.18. The Labute approximate surface area is 99.6 Å². The molecule has 16 heavy (non-hydrogen) atoms. The minimum Gasteiger partial charge on any atom is -0.312 e. The first-order valence-corrected chi connectivity index (χ1v) is 6.18. The third-order valence-corrected chi connectivity index (χ3v) is 3.39. The predicted molar refractivity (Wildman–Crippen MR) is 66.6 cm³/mol. The summed E-state index contributed by atoms with van der Waals surface area (Å²) in [6, 6.07) is 4.36. The summed E-state index contributed by atoms with van der Waals surface area (Å²) in [6.07, 6.45) is 4.55. The lowest BCUT2D eigenvalue weighted by atomic mass is 10.2. The summed E-state index contributed by atoms with van der Waals surface area (Å²) >= 11 is 1.71. The number of thiazole rings is 1. The van der Waals surface area contributed by atoms with Gasteiger partial charge in [-0.1, -0.05) is 6.07 Å². The smallest absolute Gasteiger partial charge is 0.0973 e. The fraction of sp³-hybridized carbons (Fsp3) is 0.333. The van der Waals surface area contributed by atoms with Crippen molar-refractivity contribution in [1.29, 1.82) is 0 Å². The number of rotatable bonds is 4. The van der Waals surface area contributed by atoms with Crippen LogP contribution >= 0.6 is 11.3 Å². The normalized spacial score (nSPS) is 12.6. The largest absolute Gasteiger partial charge is 0.312 e. The van der Waals surface area contributed by atoms with E-state index in [0.29, 0.717) is 6.04 Å². The van der Waals surface area contributed by atoms with Crippen molar-refractivity contribution in [2.75, 3.05) is 7.05 Å². The van der Waals surface area contributed by atoms with Crippen LogP contribution < -0.4 is 5.32 Å². The monoisotopic (exact) mass is 233 g/mol. The van der Waals surface area contributed by atoms with E-state index in [2.05, 4.69) is 33.7 Å². The number of hydrogen-bond donors (Lipinski definition) is 1. The van der Waals surface area contributed by atoms with Crippen molar-refractivity contribution < 1.29 is 0 Å². The van der Waals surface area contributed by atoms with Gasteiger partial charge in [-0.05, 0) is 25.6 Å². The zero-order valence-electron chi connectivity index (χ0n) is 9.47. The topological polar surface area (TPSA) is 37.8 Å². The van der Waals surface area contributed by atoms with Gasteiger partial charge in [0.25, 0.3) is 0 Å². The summed E-state index contributed by atoms with van der Waals surface area (Å²) in [4.78, 5) is 8.71. The molecule has 0 fully saturated rings. The van der Waals surface area contributed by atoms with E-state index in [-0.39, 0.29) is 0 Å². The molecular weight excluding hydrogens is 218 g/mol. The third-order valence-electron chi connectivity index (χ3n) is 2.52. The Hall–Kier alpha value is -1.26. The molecule has 0 saturated heterocycles. The third kappa shape index (κ3) is 2.65. The second kappa shape index (κ2) is 5.18. The predicted octanol–water partition coefficient (Wildman–Crippen LogP) is 2.41. The van der Waals surface area contributed by atoms with Gasteiger partial charge in [-0.3, -0.25) is 4.98 Å². The molecule has 1 atom stereocenters. The molecule has 4 heteroatoms. The summed E-state index contributed by atoms with van der Waals surface area (Å²) in [7, 11) is 1.95. The zero-order valence-corrected chi connectivity index (χ0v) is 10.3. The van der Waals surface area contributed by atoms with Crippen molar-refractivity contribution >= 4 is 11.3 Å². The second-order valence-corrected chi connectivity index (χ2v) is 4.66. The second-order valence-electron chi connectivity index (χ2n) is 3.71. The molecule has 0 amide bonds. The lowest BCUT2D eigenvalue weighted by Gasteiger charge is -2.04. The standard InChI is InChI=1S/C12H15N3S/c1-9(13-2)11-8-16-12(15-11)6-10-4-3-5-14-7-10/h3-5,7-9,13H,6H2,1-2H3. The van der Waals surface area contributed by atoms with Crippen molar-refractivity contribution in [2.45, 2.75) is 19.4 Å². The minimum atomic E-state index is 0.318. The van der Waals surface area contributed by atoms with Crippen molar-refractivity contribution in [1.82, 2.24) is 15.3 Å². The molecule has 0 aliphatic heterocycles. The number of nitrogens with zero attached hydrogens (tertiary/aromatic N) is 2. The molecule has 0 saturated carbocycles. The Morgan fingerprint density at radius 1 is 1.50 bits per heavy atom. The summed E-state index contributed by atoms with van der Waals surface area (Å²) in [5.74, 6) is 0. The zero-order chi connectivity index (χ0) is 11.4. The highest BCUT2D eigenvalue weighted by Gasteiger charge is 2.08. The van der Waals surface area contributed by atoms with E-state index in [1.54, 1.807) is 17.5 Å². The first-order chi connectivity index (χ1) is 7.79. The summed E-state index contributed by atoms with van der Waals surface area (Å²) in [5.41, 5.74) is 2.33. The number of pyridine rings is 1. The van der Waals surface area contributed by atoms with E-state index < -0.39 is 0 Å². The van der Waals surface area contributed by atoms with Crippen molar-refractivity contribution in [2.24, 2.45) is 0 Å². The van der Waals surface area contributed by atoms with Crippen molar-refractivity contribution in [3.05, 3.63) is 46.2 Å². The van der Waals surface area contributed by atoms with E-state index in [1.807, 2.05) is 19.3 Å². The first-order valence-electron chi connectivity index (χ1n) is 5.30. The molecule has 0 radical (unpaired) electrons. The van der Waals surface area contributed by atoms with Gasteiger partial charge in [0.1, 0.15) is 0 Å². The summed E-state index contributed by atoms with van der Waals surface area (Å²) < 4.78 is 0. The molecule has 2 aromatic rings. The van der Waals surface area contributed by atoms with Gasteiger partial charge in [0.2, 0.25) is 0 Å². The molecule has 2 heterocycles. The molecule has 2 aromatic heterocycles. The maximum Gasteiger partial charge on any atom is 0.0973 e. The van der Waals surface area contributed by atoms with Crippen LogP contribution in [0.4, 0.5) is 0 Å². The molecule has 0 bridgehead atoms. The average Bonchev–Trinajstić information content (AvgIpc) is 2.78. The Morgan fingerprint density at radius 3 is 3.06 bits per heavy atom. The van der Waals surface area contributed by atoms with Crippen LogP contribution in [0, 0.1) is 0 Å².